The first-order chi connectivity index (χ1) is 8.59. The van der Waals surface area contributed by atoms with Gasteiger partial charge in [-0.3, -0.25) is 30.2 Å². The van der Waals surface area contributed by atoms with Gasteiger partial charge in [0.1, 0.15) is 0 Å². The molecule has 1 rings (SSSR count). The molecular formula is C11H14N4O3. The fourth-order valence-electron chi connectivity index (χ4n) is 1.12. The zero-order valence-electron chi connectivity index (χ0n) is 9.90. The van der Waals surface area contributed by atoms with Gasteiger partial charge in [-0.2, -0.15) is 0 Å². The topological polar surface area (TPSA) is 100 Å². The average Bonchev–Trinajstić information content (AvgIpc) is 2.36. The minimum absolute atomic E-state index is 0.0935. The van der Waals surface area contributed by atoms with E-state index in [0.717, 1.165) is 0 Å². The summed E-state index contributed by atoms with van der Waals surface area (Å²) in [4.78, 5) is 37.1. The third-order valence-electron chi connectivity index (χ3n) is 1.98. The summed E-state index contributed by atoms with van der Waals surface area (Å²) in [5.74, 6) is -1.01. The standard InChI is InChI=1S/C11H14N4O3/c1-8(16)13-7-4-10(17)14-15-11(18)9-2-5-12-6-3-9/h2-3,5-6H,4,7H2,1H3,(H,13,16)(H,14,17)(H,15,18). The zero-order chi connectivity index (χ0) is 13.4. The van der Waals surface area contributed by atoms with Crippen LogP contribution in [0.4, 0.5) is 0 Å². The highest BCUT2D eigenvalue weighted by atomic mass is 16.2. The summed E-state index contributed by atoms with van der Waals surface area (Å²) >= 11 is 0. The quantitative estimate of drug-likeness (QED) is 0.619. The molecule has 0 unspecified atom stereocenters. The number of rotatable bonds is 4. The van der Waals surface area contributed by atoms with Gasteiger partial charge in [0.05, 0.1) is 0 Å². The lowest BCUT2D eigenvalue weighted by atomic mass is 10.3. The number of carbonyl (C=O) groups excluding carboxylic acids is 3. The molecular weight excluding hydrogens is 236 g/mol. The van der Waals surface area contributed by atoms with Crippen LogP contribution in [0.1, 0.15) is 23.7 Å². The van der Waals surface area contributed by atoms with Gasteiger partial charge in [0, 0.05) is 37.8 Å². The summed E-state index contributed by atoms with van der Waals surface area (Å²) in [5, 5.41) is 2.48. The van der Waals surface area contributed by atoms with E-state index in [1.54, 1.807) is 0 Å². The van der Waals surface area contributed by atoms with Crippen molar-refractivity contribution in [3.05, 3.63) is 30.1 Å². The molecule has 3 N–H and O–H groups in total. The Morgan fingerprint density at radius 2 is 1.83 bits per heavy atom. The van der Waals surface area contributed by atoms with E-state index in [2.05, 4.69) is 21.2 Å². The van der Waals surface area contributed by atoms with Gasteiger partial charge in [-0.15, -0.1) is 0 Å². The molecule has 0 radical (unpaired) electrons. The van der Waals surface area contributed by atoms with E-state index in [9.17, 15) is 14.4 Å². The Balaban J connectivity index is 2.26. The Hall–Kier alpha value is -2.44. The predicted molar refractivity (Wildman–Crippen MR) is 63.1 cm³/mol. The Bertz CT molecular complexity index is 433. The molecule has 0 saturated carbocycles. The second-order valence-electron chi connectivity index (χ2n) is 3.47. The van der Waals surface area contributed by atoms with Crippen LogP contribution in [-0.4, -0.2) is 29.3 Å². The number of carbonyl (C=O) groups is 3. The number of hydrogen-bond acceptors (Lipinski definition) is 4. The summed E-state index contributed by atoms with van der Waals surface area (Å²) in [6, 6.07) is 3.05. The molecule has 0 atom stereocenters. The lowest BCUT2D eigenvalue weighted by Crippen LogP contribution is -2.42. The normalized spacial score (nSPS) is 9.39. The Morgan fingerprint density at radius 3 is 2.44 bits per heavy atom. The van der Waals surface area contributed by atoms with Gasteiger partial charge in [-0.05, 0) is 12.1 Å². The molecule has 0 aliphatic rings. The highest BCUT2D eigenvalue weighted by molar-refractivity contribution is 5.95. The first-order valence-electron chi connectivity index (χ1n) is 5.33. The van der Waals surface area contributed by atoms with Crippen LogP contribution in [0.15, 0.2) is 24.5 Å². The second kappa shape index (κ2) is 7.00. The van der Waals surface area contributed by atoms with Crippen LogP contribution in [0, 0.1) is 0 Å². The summed E-state index contributed by atoms with van der Waals surface area (Å²) in [7, 11) is 0. The Morgan fingerprint density at radius 1 is 1.17 bits per heavy atom. The van der Waals surface area contributed by atoms with E-state index in [4.69, 9.17) is 0 Å². The van der Waals surface area contributed by atoms with E-state index < -0.39 is 5.91 Å². The van der Waals surface area contributed by atoms with Crippen LogP contribution in [0.2, 0.25) is 0 Å². The zero-order valence-corrected chi connectivity index (χ0v) is 9.90. The van der Waals surface area contributed by atoms with Crippen LogP contribution < -0.4 is 16.2 Å². The van der Waals surface area contributed by atoms with Crippen molar-refractivity contribution < 1.29 is 14.4 Å². The lowest BCUT2D eigenvalue weighted by molar-refractivity contribution is -0.122. The van der Waals surface area contributed by atoms with Gasteiger partial charge in [0.2, 0.25) is 11.8 Å². The van der Waals surface area contributed by atoms with Crippen LogP contribution in [0.3, 0.4) is 0 Å². The lowest BCUT2D eigenvalue weighted by Gasteiger charge is -2.07. The fraction of sp³-hybridized carbons (Fsp3) is 0.273. The molecule has 0 bridgehead atoms. The number of pyridine rings is 1. The van der Waals surface area contributed by atoms with Crippen LogP contribution in [0.25, 0.3) is 0 Å². The number of aromatic nitrogens is 1. The van der Waals surface area contributed by atoms with Crippen LogP contribution in [0.5, 0.6) is 0 Å². The number of nitrogens with one attached hydrogen (secondary N) is 3. The minimum Gasteiger partial charge on any atom is -0.356 e. The highest BCUT2D eigenvalue weighted by Crippen LogP contribution is 1.94. The third kappa shape index (κ3) is 5.06. The van der Waals surface area contributed by atoms with Gasteiger partial charge < -0.3 is 5.32 Å². The average molecular weight is 250 g/mol. The fourth-order valence-corrected chi connectivity index (χ4v) is 1.12. The smallest absolute Gasteiger partial charge is 0.269 e. The Kier molecular flexibility index (Phi) is 5.30. The summed E-state index contributed by atoms with van der Waals surface area (Å²) in [6.07, 6.45) is 3.05. The largest absolute Gasteiger partial charge is 0.356 e. The highest BCUT2D eigenvalue weighted by Gasteiger charge is 2.06. The first kappa shape index (κ1) is 13.6. The van der Waals surface area contributed by atoms with Gasteiger partial charge in [-0.25, -0.2) is 0 Å². The molecule has 18 heavy (non-hydrogen) atoms. The number of hydrogen-bond donors (Lipinski definition) is 3. The van der Waals surface area contributed by atoms with E-state index in [1.807, 2.05) is 0 Å². The molecule has 7 heteroatoms. The minimum atomic E-state index is -0.426. The number of nitrogens with zero attached hydrogens (tertiary/aromatic N) is 1. The molecule has 3 amide bonds. The van der Waals surface area contributed by atoms with E-state index >= 15 is 0 Å². The summed E-state index contributed by atoms with van der Waals surface area (Å²) < 4.78 is 0. The van der Waals surface area contributed by atoms with Gasteiger partial charge >= 0.3 is 0 Å². The van der Waals surface area contributed by atoms with Crippen molar-refractivity contribution in [1.82, 2.24) is 21.2 Å². The maximum absolute atomic E-state index is 11.5. The summed E-state index contributed by atoms with van der Waals surface area (Å²) in [5.41, 5.74) is 4.90. The van der Waals surface area contributed by atoms with Gasteiger partial charge in [-0.1, -0.05) is 0 Å². The van der Waals surface area contributed by atoms with Gasteiger partial charge in [0.15, 0.2) is 0 Å². The molecule has 0 aromatic carbocycles. The molecule has 96 valence electrons. The van der Waals surface area contributed by atoms with Crippen molar-refractivity contribution in [2.24, 2.45) is 0 Å². The molecule has 1 heterocycles. The monoisotopic (exact) mass is 250 g/mol. The van der Waals surface area contributed by atoms with E-state index in [1.165, 1.54) is 31.5 Å². The Labute approximate surface area is 104 Å². The second-order valence-corrected chi connectivity index (χ2v) is 3.47. The molecule has 0 spiro atoms. The van der Waals surface area contributed by atoms with Crippen LogP contribution >= 0.6 is 0 Å². The molecule has 1 aromatic heterocycles. The number of amides is 3. The molecule has 0 fully saturated rings. The van der Waals surface area contributed by atoms with Crippen molar-refractivity contribution in [3.63, 3.8) is 0 Å². The first-order valence-corrected chi connectivity index (χ1v) is 5.33. The van der Waals surface area contributed by atoms with Crippen LogP contribution in [-0.2, 0) is 9.59 Å². The van der Waals surface area contributed by atoms with Crippen molar-refractivity contribution >= 4 is 17.7 Å². The molecule has 1 aromatic rings. The maximum atomic E-state index is 11.5. The van der Waals surface area contributed by atoms with E-state index in [0.29, 0.717) is 5.56 Å². The third-order valence-corrected chi connectivity index (χ3v) is 1.98. The molecule has 7 nitrogen and oxygen atoms in total. The molecule has 0 aliphatic carbocycles. The van der Waals surface area contributed by atoms with Crippen molar-refractivity contribution in [3.8, 4) is 0 Å². The van der Waals surface area contributed by atoms with Crippen molar-refractivity contribution in [2.75, 3.05) is 6.54 Å². The number of hydrazine groups is 1. The maximum Gasteiger partial charge on any atom is 0.269 e. The molecule has 0 saturated heterocycles. The molecule has 0 aliphatic heterocycles. The van der Waals surface area contributed by atoms with Crippen molar-refractivity contribution in [1.29, 1.82) is 0 Å². The van der Waals surface area contributed by atoms with Gasteiger partial charge in [0.25, 0.3) is 5.91 Å². The summed E-state index contributed by atoms with van der Waals surface area (Å²) in [6.45, 7) is 1.59. The SMILES string of the molecule is CC(=O)NCCC(=O)NNC(=O)c1ccncc1. The predicted octanol–water partition coefficient (Wildman–Crippen LogP) is -0.631. The van der Waals surface area contributed by atoms with Crippen molar-refractivity contribution in [2.45, 2.75) is 13.3 Å². The van der Waals surface area contributed by atoms with E-state index in [-0.39, 0.29) is 24.8 Å².